The highest BCUT2D eigenvalue weighted by atomic mass is 35.5. The highest BCUT2D eigenvalue weighted by Gasteiger charge is 2.35. The van der Waals surface area contributed by atoms with Gasteiger partial charge in [0.15, 0.2) is 23.0 Å². The van der Waals surface area contributed by atoms with Gasteiger partial charge in [-0.25, -0.2) is 0 Å². The molecule has 1 heterocycles. The zero-order valence-corrected chi connectivity index (χ0v) is 19.8. The van der Waals surface area contributed by atoms with Crippen LogP contribution in [0.5, 0.6) is 23.0 Å². The monoisotopic (exact) mass is 467 g/mol. The first-order chi connectivity index (χ1) is 16.0. The maximum absolute atomic E-state index is 13.7. The minimum Gasteiger partial charge on any atom is -0.493 e. The molecule has 0 bridgehead atoms. The number of carbonyl (C=O) groups excluding carboxylic acids is 1. The molecule has 1 aliphatic rings. The van der Waals surface area contributed by atoms with Crippen molar-refractivity contribution in [2.45, 2.75) is 12.5 Å². The van der Waals surface area contributed by atoms with Crippen molar-refractivity contribution in [2.24, 2.45) is 0 Å². The molecule has 172 valence electrons. The molecule has 1 unspecified atom stereocenters. The van der Waals surface area contributed by atoms with Crippen molar-refractivity contribution in [2.75, 3.05) is 35.0 Å². The SMILES string of the molecule is COc1ccc(C2c3cc(OC)c(OC)cc3CCN2C(=O)c2ccccc2Cl)cc1OC. The van der Waals surface area contributed by atoms with Crippen molar-refractivity contribution in [1.82, 2.24) is 4.90 Å². The van der Waals surface area contributed by atoms with Gasteiger partial charge in [0.2, 0.25) is 0 Å². The third-order valence-electron chi connectivity index (χ3n) is 5.96. The molecule has 0 fully saturated rings. The van der Waals surface area contributed by atoms with Crippen molar-refractivity contribution < 1.29 is 23.7 Å². The number of benzene rings is 3. The zero-order chi connectivity index (χ0) is 23.5. The lowest BCUT2D eigenvalue weighted by Crippen LogP contribution is -2.40. The number of hydrogen-bond acceptors (Lipinski definition) is 5. The van der Waals surface area contributed by atoms with E-state index in [0.717, 1.165) is 16.7 Å². The van der Waals surface area contributed by atoms with Gasteiger partial charge in [0.05, 0.1) is 45.1 Å². The number of ether oxygens (including phenoxy) is 4. The Bertz CT molecular complexity index is 1180. The van der Waals surface area contributed by atoms with Gasteiger partial charge in [-0.3, -0.25) is 4.79 Å². The fourth-order valence-electron chi connectivity index (χ4n) is 4.34. The first-order valence-corrected chi connectivity index (χ1v) is 10.9. The molecule has 6 nitrogen and oxygen atoms in total. The molecular weight excluding hydrogens is 442 g/mol. The molecule has 3 aromatic rings. The van der Waals surface area contributed by atoms with Gasteiger partial charge < -0.3 is 23.8 Å². The molecule has 0 saturated heterocycles. The fourth-order valence-corrected chi connectivity index (χ4v) is 4.55. The quantitative estimate of drug-likeness (QED) is 0.501. The summed E-state index contributed by atoms with van der Waals surface area (Å²) in [6.45, 7) is 0.519. The van der Waals surface area contributed by atoms with Gasteiger partial charge in [-0.2, -0.15) is 0 Å². The maximum Gasteiger partial charge on any atom is 0.256 e. The predicted octanol–water partition coefficient (Wildman–Crippen LogP) is 5.16. The Kier molecular flexibility index (Phi) is 6.65. The molecule has 0 radical (unpaired) electrons. The van der Waals surface area contributed by atoms with E-state index in [1.165, 1.54) is 0 Å². The number of hydrogen-bond donors (Lipinski definition) is 0. The number of amides is 1. The number of nitrogens with zero attached hydrogens (tertiary/aromatic N) is 1. The van der Waals surface area contributed by atoms with Gasteiger partial charge in [0.1, 0.15) is 0 Å². The molecule has 0 aliphatic carbocycles. The molecule has 1 aliphatic heterocycles. The Morgan fingerprint density at radius 1 is 0.848 bits per heavy atom. The molecule has 0 aromatic heterocycles. The Hall–Kier alpha value is -3.38. The van der Waals surface area contributed by atoms with Gasteiger partial charge in [0.25, 0.3) is 5.91 Å². The van der Waals surface area contributed by atoms with E-state index in [4.69, 9.17) is 30.5 Å². The summed E-state index contributed by atoms with van der Waals surface area (Å²) in [6, 6.07) is 16.4. The van der Waals surface area contributed by atoms with Gasteiger partial charge in [0, 0.05) is 6.54 Å². The van der Waals surface area contributed by atoms with E-state index in [0.29, 0.717) is 46.5 Å². The number of carbonyl (C=O) groups is 1. The van der Waals surface area contributed by atoms with Crippen LogP contribution >= 0.6 is 11.6 Å². The van der Waals surface area contributed by atoms with Crippen LogP contribution in [0, 0.1) is 0 Å². The fraction of sp³-hybridized carbons (Fsp3) is 0.269. The second kappa shape index (κ2) is 9.63. The van der Waals surface area contributed by atoms with Gasteiger partial charge in [-0.15, -0.1) is 0 Å². The van der Waals surface area contributed by atoms with Crippen LogP contribution in [0.4, 0.5) is 0 Å². The Balaban J connectivity index is 1.90. The molecule has 0 saturated carbocycles. The van der Waals surface area contributed by atoms with Crippen molar-refractivity contribution in [1.29, 1.82) is 0 Å². The van der Waals surface area contributed by atoms with Crippen LogP contribution in [-0.4, -0.2) is 45.8 Å². The largest absolute Gasteiger partial charge is 0.493 e. The number of rotatable bonds is 6. The average Bonchev–Trinajstić information content (AvgIpc) is 2.86. The smallest absolute Gasteiger partial charge is 0.256 e. The van der Waals surface area contributed by atoms with Crippen LogP contribution in [0.1, 0.15) is 33.1 Å². The van der Waals surface area contributed by atoms with E-state index in [1.54, 1.807) is 40.6 Å². The van der Waals surface area contributed by atoms with Gasteiger partial charge in [-0.1, -0.05) is 29.8 Å². The van der Waals surface area contributed by atoms with Gasteiger partial charge >= 0.3 is 0 Å². The lowest BCUT2D eigenvalue weighted by Gasteiger charge is -2.38. The van der Waals surface area contributed by atoms with E-state index >= 15 is 0 Å². The third-order valence-corrected chi connectivity index (χ3v) is 6.29. The Morgan fingerprint density at radius 2 is 1.48 bits per heavy atom. The molecule has 3 aromatic carbocycles. The first-order valence-electron chi connectivity index (χ1n) is 10.5. The standard InChI is InChI=1S/C26H26ClNO5/c1-30-21-10-9-17(14-22(21)31-2)25-19-15-24(33-4)23(32-3)13-16(19)11-12-28(25)26(29)18-7-5-6-8-20(18)27/h5-10,13-15,25H,11-12H2,1-4H3. The summed E-state index contributed by atoms with van der Waals surface area (Å²) < 4.78 is 22.0. The summed E-state index contributed by atoms with van der Waals surface area (Å²) in [4.78, 5) is 15.5. The number of halogens is 1. The average molecular weight is 468 g/mol. The molecule has 0 N–H and O–H groups in total. The van der Waals surface area contributed by atoms with Crippen LogP contribution in [0.2, 0.25) is 5.02 Å². The summed E-state index contributed by atoms with van der Waals surface area (Å²) >= 11 is 6.39. The topological polar surface area (TPSA) is 57.2 Å². The van der Waals surface area contributed by atoms with E-state index in [9.17, 15) is 4.79 Å². The van der Waals surface area contributed by atoms with E-state index in [1.807, 2.05) is 47.4 Å². The first kappa shape index (κ1) is 22.8. The normalized spacial score (nSPS) is 14.9. The molecule has 7 heteroatoms. The van der Waals surface area contributed by atoms with Crippen LogP contribution in [0.25, 0.3) is 0 Å². The lowest BCUT2D eigenvalue weighted by molar-refractivity contribution is 0.0694. The van der Waals surface area contributed by atoms with Crippen LogP contribution in [-0.2, 0) is 6.42 Å². The summed E-state index contributed by atoms with van der Waals surface area (Å²) in [5, 5.41) is 0.423. The van der Waals surface area contributed by atoms with Crippen LogP contribution in [0.15, 0.2) is 54.6 Å². The van der Waals surface area contributed by atoms with E-state index in [-0.39, 0.29) is 11.9 Å². The second-order valence-electron chi connectivity index (χ2n) is 7.65. The van der Waals surface area contributed by atoms with E-state index < -0.39 is 0 Å². The Labute approximate surface area is 198 Å². The third kappa shape index (κ3) is 4.18. The summed E-state index contributed by atoms with van der Waals surface area (Å²) in [6.07, 6.45) is 0.676. The van der Waals surface area contributed by atoms with Gasteiger partial charge in [-0.05, 0) is 59.5 Å². The Morgan fingerprint density at radius 3 is 2.15 bits per heavy atom. The molecule has 33 heavy (non-hydrogen) atoms. The highest BCUT2D eigenvalue weighted by molar-refractivity contribution is 6.33. The van der Waals surface area contributed by atoms with Crippen LogP contribution < -0.4 is 18.9 Å². The molecular formula is C26H26ClNO5. The molecule has 4 rings (SSSR count). The molecule has 1 atom stereocenters. The maximum atomic E-state index is 13.7. The predicted molar refractivity (Wildman–Crippen MR) is 127 cm³/mol. The number of fused-ring (bicyclic) bond motifs is 1. The summed E-state index contributed by atoms with van der Waals surface area (Å²) in [5.74, 6) is 2.34. The van der Waals surface area contributed by atoms with E-state index in [2.05, 4.69) is 0 Å². The molecule has 0 spiro atoms. The summed E-state index contributed by atoms with van der Waals surface area (Å²) in [7, 11) is 6.41. The minimum absolute atomic E-state index is 0.138. The van der Waals surface area contributed by atoms with Crippen LogP contribution in [0.3, 0.4) is 0 Å². The minimum atomic E-state index is -0.378. The van der Waals surface area contributed by atoms with Crippen molar-refractivity contribution in [3.63, 3.8) is 0 Å². The highest BCUT2D eigenvalue weighted by Crippen LogP contribution is 2.43. The lowest BCUT2D eigenvalue weighted by atomic mass is 9.87. The van der Waals surface area contributed by atoms with Crippen molar-refractivity contribution in [3.8, 4) is 23.0 Å². The van der Waals surface area contributed by atoms with Crippen molar-refractivity contribution >= 4 is 17.5 Å². The van der Waals surface area contributed by atoms with Crippen molar-refractivity contribution in [3.05, 3.63) is 81.9 Å². The molecule has 1 amide bonds. The number of methoxy groups -OCH3 is 4. The second-order valence-corrected chi connectivity index (χ2v) is 8.06. The summed E-state index contributed by atoms with van der Waals surface area (Å²) in [5.41, 5.74) is 3.41. The zero-order valence-electron chi connectivity index (χ0n) is 19.1.